The fourth-order valence-corrected chi connectivity index (χ4v) is 3.79. The molecule has 34 heavy (non-hydrogen) atoms. The van der Waals surface area contributed by atoms with Gasteiger partial charge in [-0.25, -0.2) is 23.4 Å². The molecule has 8 nitrogen and oxygen atoms in total. The molecule has 0 unspecified atom stereocenters. The van der Waals surface area contributed by atoms with Crippen molar-refractivity contribution in [3.63, 3.8) is 0 Å². The Kier molecular flexibility index (Phi) is 6.39. The molecule has 1 aliphatic rings. The smallest absolute Gasteiger partial charge is 0.363 e. The summed E-state index contributed by atoms with van der Waals surface area (Å²) < 4.78 is 76.7. The predicted octanol–water partition coefficient (Wildman–Crippen LogP) is 3.61. The molecule has 0 aliphatic heterocycles. The van der Waals surface area contributed by atoms with Crippen molar-refractivity contribution in [1.29, 1.82) is 0 Å². The van der Waals surface area contributed by atoms with Crippen LogP contribution in [0.4, 0.5) is 29.2 Å². The van der Waals surface area contributed by atoms with Gasteiger partial charge in [0, 0.05) is 31.2 Å². The molecule has 1 N–H and O–H groups in total. The molecule has 0 atom stereocenters. The standard InChI is InChI=1S/C21H20F4N6O2S/c1-34(32,33)17-7-2-13(8-27-17)9-28-19-18(22)20(30-12-29-19)31(16-5-6-16)11-15-4-3-14(10-26-15)21(23,24)25/h2-4,7-8,10,12,16H,5-6,9,11H2,1H3,(H,28,29,30). The van der Waals surface area contributed by atoms with Crippen molar-refractivity contribution in [1.82, 2.24) is 19.9 Å². The Morgan fingerprint density at radius 2 is 1.82 bits per heavy atom. The number of aromatic nitrogens is 4. The summed E-state index contributed by atoms with van der Waals surface area (Å²) in [5, 5.41) is 2.78. The first-order chi connectivity index (χ1) is 16.0. The number of halogens is 4. The number of anilines is 2. The van der Waals surface area contributed by atoms with Crippen molar-refractivity contribution in [3.05, 3.63) is 65.6 Å². The molecule has 0 saturated heterocycles. The summed E-state index contributed by atoms with van der Waals surface area (Å²) in [6, 6.07) is 5.13. The predicted molar refractivity (Wildman–Crippen MR) is 115 cm³/mol. The van der Waals surface area contributed by atoms with E-state index < -0.39 is 27.4 Å². The van der Waals surface area contributed by atoms with Crippen LogP contribution in [0.5, 0.6) is 0 Å². The van der Waals surface area contributed by atoms with Crippen LogP contribution in [0.25, 0.3) is 0 Å². The van der Waals surface area contributed by atoms with Crippen molar-refractivity contribution >= 4 is 21.5 Å². The molecule has 0 bridgehead atoms. The highest BCUT2D eigenvalue weighted by Crippen LogP contribution is 2.35. The van der Waals surface area contributed by atoms with Crippen LogP contribution in [0, 0.1) is 5.82 Å². The number of nitrogens with zero attached hydrogens (tertiary/aromatic N) is 5. The van der Waals surface area contributed by atoms with E-state index in [9.17, 15) is 21.6 Å². The van der Waals surface area contributed by atoms with Crippen LogP contribution in [0.3, 0.4) is 0 Å². The van der Waals surface area contributed by atoms with E-state index in [1.807, 2.05) is 0 Å². The number of alkyl halides is 3. The number of hydrogen-bond donors (Lipinski definition) is 1. The summed E-state index contributed by atoms with van der Waals surface area (Å²) in [4.78, 5) is 17.4. The van der Waals surface area contributed by atoms with E-state index in [0.717, 1.165) is 31.4 Å². The van der Waals surface area contributed by atoms with Gasteiger partial charge in [-0.15, -0.1) is 0 Å². The first-order valence-corrected chi connectivity index (χ1v) is 12.1. The van der Waals surface area contributed by atoms with E-state index in [4.69, 9.17) is 0 Å². The fraction of sp³-hybridized carbons (Fsp3) is 0.333. The van der Waals surface area contributed by atoms with Crippen molar-refractivity contribution in [2.24, 2.45) is 0 Å². The third-order valence-corrected chi connectivity index (χ3v) is 6.15. The molecule has 1 aliphatic carbocycles. The molecule has 0 radical (unpaired) electrons. The van der Waals surface area contributed by atoms with Gasteiger partial charge in [0.05, 0.1) is 17.8 Å². The summed E-state index contributed by atoms with van der Waals surface area (Å²) >= 11 is 0. The van der Waals surface area contributed by atoms with E-state index >= 15 is 4.39 Å². The highest BCUT2D eigenvalue weighted by atomic mass is 32.2. The lowest BCUT2D eigenvalue weighted by molar-refractivity contribution is -0.137. The molecular formula is C21H20F4N6O2S. The van der Waals surface area contributed by atoms with E-state index in [2.05, 4.69) is 25.3 Å². The van der Waals surface area contributed by atoms with E-state index in [1.54, 1.807) is 11.0 Å². The maximum Gasteiger partial charge on any atom is 0.417 e. The van der Waals surface area contributed by atoms with Crippen LogP contribution in [0.15, 0.2) is 48.0 Å². The molecule has 3 aromatic heterocycles. The Bertz CT molecular complexity index is 1260. The summed E-state index contributed by atoms with van der Waals surface area (Å²) in [6.45, 7) is 0.224. The van der Waals surface area contributed by atoms with Crippen LogP contribution in [-0.2, 0) is 29.1 Å². The minimum Gasteiger partial charge on any atom is -0.363 e. The molecule has 13 heteroatoms. The van der Waals surface area contributed by atoms with Crippen molar-refractivity contribution < 1.29 is 26.0 Å². The van der Waals surface area contributed by atoms with Gasteiger partial charge in [-0.2, -0.15) is 17.6 Å². The Hall–Kier alpha value is -3.35. The lowest BCUT2D eigenvalue weighted by atomic mass is 10.2. The zero-order valence-electron chi connectivity index (χ0n) is 17.9. The van der Waals surface area contributed by atoms with Crippen LogP contribution in [0.2, 0.25) is 0 Å². The van der Waals surface area contributed by atoms with E-state index in [0.29, 0.717) is 11.3 Å². The summed E-state index contributed by atoms with van der Waals surface area (Å²) in [5.41, 5.74) is 0.109. The van der Waals surface area contributed by atoms with Crippen molar-refractivity contribution in [2.45, 2.75) is 43.2 Å². The van der Waals surface area contributed by atoms with Crippen LogP contribution < -0.4 is 10.2 Å². The van der Waals surface area contributed by atoms with Crippen LogP contribution in [0.1, 0.15) is 29.7 Å². The molecule has 0 spiro atoms. The Morgan fingerprint density at radius 1 is 1.06 bits per heavy atom. The summed E-state index contributed by atoms with van der Waals surface area (Å²) in [6.07, 6.45) is 1.49. The number of nitrogens with one attached hydrogen (secondary N) is 1. The third-order valence-electron chi connectivity index (χ3n) is 5.15. The monoisotopic (exact) mass is 496 g/mol. The summed E-state index contributed by atoms with van der Waals surface area (Å²) in [5.74, 6) is -0.752. The summed E-state index contributed by atoms with van der Waals surface area (Å²) in [7, 11) is -3.42. The lowest BCUT2D eigenvalue weighted by Gasteiger charge is -2.24. The van der Waals surface area contributed by atoms with Gasteiger partial charge in [-0.05, 0) is 36.6 Å². The van der Waals surface area contributed by atoms with Gasteiger partial charge in [0.15, 0.2) is 26.5 Å². The van der Waals surface area contributed by atoms with Crippen molar-refractivity contribution in [3.8, 4) is 0 Å². The van der Waals surface area contributed by atoms with Gasteiger partial charge in [0.1, 0.15) is 6.33 Å². The fourth-order valence-electron chi connectivity index (χ4n) is 3.23. The highest BCUT2D eigenvalue weighted by molar-refractivity contribution is 7.90. The average molecular weight is 496 g/mol. The Labute approximate surface area is 193 Å². The molecule has 3 aromatic rings. The van der Waals surface area contributed by atoms with E-state index in [1.165, 1.54) is 24.7 Å². The first kappa shape index (κ1) is 23.8. The molecule has 4 rings (SSSR count). The lowest BCUT2D eigenvalue weighted by Crippen LogP contribution is -2.28. The average Bonchev–Trinajstić information content (AvgIpc) is 3.62. The zero-order valence-corrected chi connectivity index (χ0v) is 18.7. The van der Waals surface area contributed by atoms with Crippen molar-refractivity contribution in [2.75, 3.05) is 16.5 Å². The van der Waals surface area contributed by atoms with Gasteiger partial charge < -0.3 is 10.2 Å². The second-order valence-corrected chi connectivity index (χ2v) is 9.85. The maximum absolute atomic E-state index is 15.3. The molecular weight excluding hydrogens is 476 g/mol. The normalized spacial score (nSPS) is 14.1. The molecule has 180 valence electrons. The SMILES string of the molecule is CS(=O)(=O)c1ccc(CNc2ncnc(N(Cc3ccc(C(F)(F)F)cn3)C3CC3)c2F)cn1. The quantitative estimate of drug-likeness (QED) is 0.472. The third kappa shape index (κ3) is 5.58. The first-order valence-electron chi connectivity index (χ1n) is 10.2. The van der Waals surface area contributed by atoms with Gasteiger partial charge in [-0.3, -0.25) is 4.98 Å². The van der Waals surface area contributed by atoms with Gasteiger partial charge in [0.25, 0.3) is 0 Å². The Balaban J connectivity index is 1.50. The molecule has 0 aromatic carbocycles. The number of sulfone groups is 1. The maximum atomic E-state index is 15.3. The molecule has 1 saturated carbocycles. The molecule has 0 amide bonds. The number of rotatable bonds is 8. The van der Waals surface area contributed by atoms with Crippen LogP contribution >= 0.6 is 0 Å². The highest BCUT2D eigenvalue weighted by Gasteiger charge is 2.34. The number of pyridine rings is 2. The van der Waals surface area contributed by atoms with E-state index in [-0.39, 0.29) is 35.8 Å². The zero-order chi connectivity index (χ0) is 24.5. The molecule has 1 fully saturated rings. The van der Waals surface area contributed by atoms with Crippen LogP contribution in [-0.4, -0.2) is 40.7 Å². The largest absolute Gasteiger partial charge is 0.417 e. The van der Waals surface area contributed by atoms with Gasteiger partial charge >= 0.3 is 6.18 Å². The topological polar surface area (TPSA) is 101 Å². The second kappa shape index (κ2) is 9.12. The minimum atomic E-state index is -4.48. The number of hydrogen-bond acceptors (Lipinski definition) is 8. The minimum absolute atomic E-state index is 0.00548. The van der Waals surface area contributed by atoms with Gasteiger partial charge in [-0.1, -0.05) is 6.07 Å². The van der Waals surface area contributed by atoms with Gasteiger partial charge in [0.2, 0.25) is 5.82 Å². The Morgan fingerprint density at radius 3 is 2.38 bits per heavy atom. The second-order valence-electron chi connectivity index (χ2n) is 7.89. The molecule has 3 heterocycles.